The Morgan fingerprint density at radius 3 is 2.76 bits per heavy atom. The molecule has 1 aliphatic heterocycles. The Kier molecular flexibility index (Phi) is 4.13. The van der Waals surface area contributed by atoms with E-state index in [4.69, 9.17) is 16.3 Å². The fraction of sp³-hybridized carbons (Fsp3) is 0.462. The van der Waals surface area contributed by atoms with Crippen LogP contribution in [-0.4, -0.2) is 19.0 Å². The van der Waals surface area contributed by atoms with Gasteiger partial charge in [0.05, 0.1) is 10.6 Å². The monoisotopic (exact) mass is 256 g/mol. The summed E-state index contributed by atoms with van der Waals surface area (Å²) in [6.45, 7) is 1.37. The first-order chi connectivity index (χ1) is 8.18. The van der Waals surface area contributed by atoms with E-state index in [0.717, 1.165) is 12.8 Å². The average Bonchev–Trinajstić information content (AvgIpc) is 2.30. The lowest BCUT2D eigenvalue weighted by molar-refractivity contribution is 0.0600. The summed E-state index contributed by atoms with van der Waals surface area (Å²) in [6, 6.07) is 4.31. The Hall–Kier alpha value is -0.930. The highest BCUT2D eigenvalue weighted by atomic mass is 35.5. The third-order valence-corrected chi connectivity index (χ3v) is 3.37. The molecule has 1 aromatic rings. The molecule has 0 atom stereocenters. The Morgan fingerprint density at radius 1 is 1.41 bits per heavy atom. The Balaban J connectivity index is 2.08. The molecule has 0 aromatic heterocycles. The molecular weight excluding hydrogens is 243 g/mol. The third kappa shape index (κ3) is 3.05. The van der Waals surface area contributed by atoms with Gasteiger partial charge in [-0.1, -0.05) is 17.7 Å². The summed E-state index contributed by atoms with van der Waals surface area (Å²) in [5.74, 6) is -0.457. The number of ether oxygens (including phenoxy) is 1. The van der Waals surface area contributed by atoms with Gasteiger partial charge < -0.3 is 4.74 Å². The molecule has 4 heteroatoms. The Bertz CT molecular complexity index is 394. The smallest absolute Gasteiger partial charge is 0.167 e. The number of carbonyl (C=O) groups is 1. The van der Waals surface area contributed by atoms with E-state index >= 15 is 0 Å². The lowest BCUT2D eigenvalue weighted by atomic mass is 9.92. The van der Waals surface area contributed by atoms with Gasteiger partial charge in [0, 0.05) is 19.6 Å². The third-order valence-electron chi connectivity index (χ3n) is 3.06. The number of carbonyl (C=O) groups excluding carboxylic acids is 1. The molecule has 0 saturated carbocycles. The number of halogens is 2. The number of hydrogen-bond acceptors (Lipinski definition) is 2. The summed E-state index contributed by atoms with van der Waals surface area (Å²) < 4.78 is 18.7. The van der Waals surface area contributed by atoms with E-state index in [0.29, 0.717) is 19.6 Å². The number of Topliss-reactive ketones (excluding diaryl/α,β-unsaturated/α-hetero) is 1. The molecule has 92 valence electrons. The molecule has 0 aliphatic carbocycles. The van der Waals surface area contributed by atoms with Crippen molar-refractivity contribution in [3.05, 3.63) is 34.6 Å². The maximum absolute atomic E-state index is 13.5. The van der Waals surface area contributed by atoms with Crippen LogP contribution >= 0.6 is 11.6 Å². The summed E-state index contributed by atoms with van der Waals surface area (Å²) >= 11 is 5.86. The van der Waals surface area contributed by atoms with Crippen LogP contribution in [0.2, 0.25) is 5.02 Å². The maximum atomic E-state index is 13.5. The van der Waals surface area contributed by atoms with E-state index in [1.807, 2.05) is 0 Å². The molecule has 1 saturated heterocycles. The number of ketones is 1. The van der Waals surface area contributed by atoms with Gasteiger partial charge in [-0.05, 0) is 30.9 Å². The second-order valence-electron chi connectivity index (χ2n) is 4.28. The highest BCUT2D eigenvalue weighted by Crippen LogP contribution is 2.25. The molecule has 2 nitrogen and oxygen atoms in total. The van der Waals surface area contributed by atoms with Crippen molar-refractivity contribution in [1.29, 1.82) is 0 Å². The van der Waals surface area contributed by atoms with Crippen molar-refractivity contribution < 1.29 is 13.9 Å². The number of hydrogen-bond donors (Lipinski definition) is 0. The van der Waals surface area contributed by atoms with Gasteiger partial charge >= 0.3 is 0 Å². The van der Waals surface area contributed by atoms with E-state index in [-0.39, 0.29) is 22.3 Å². The van der Waals surface area contributed by atoms with Crippen LogP contribution in [0.5, 0.6) is 0 Å². The minimum absolute atomic E-state index is 0.0284. The molecule has 0 unspecified atom stereocenters. The molecule has 1 aliphatic rings. The Morgan fingerprint density at radius 2 is 2.12 bits per heavy atom. The molecule has 0 amide bonds. The first kappa shape index (κ1) is 12.5. The molecular formula is C13H14ClFO2. The lowest BCUT2D eigenvalue weighted by Crippen LogP contribution is -2.19. The average molecular weight is 257 g/mol. The zero-order chi connectivity index (χ0) is 12.3. The molecule has 1 heterocycles. The van der Waals surface area contributed by atoms with Crippen molar-refractivity contribution in [2.45, 2.75) is 19.3 Å². The van der Waals surface area contributed by atoms with Crippen molar-refractivity contribution in [2.75, 3.05) is 13.2 Å². The van der Waals surface area contributed by atoms with Gasteiger partial charge in [0.15, 0.2) is 5.78 Å². The van der Waals surface area contributed by atoms with Crippen LogP contribution in [0, 0.1) is 11.7 Å². The second kappa shape index (κ2) is 5.61. The summed E-state index contributed by atoms with van der Waals surface area (Å²) in [5, 5.41) is 0.196. The SMILES string of the molecule is O=C(CC1CCOCC1)c1c(F)cccc1Cl. The van der Waals surface area contributed by atoms with E-state index in [1.54, 1.807) is 6.07 Å². The highest BCUT2D eigenvalue weighted by molar-refractivity contribution is 6.34. The van der Waals surface area contributed by atoms with Crippen LogP contribution in [0.25, 0.3) is 0 Å². The van der Waals surface area contributed by atoms with E-state index in [1.165, 1.54) is 12.1 Å². The summed E-state index contributed by atoms with van der Waals surface area (Å²) in [4.78, 5) is 12.0. The van der Waals surface area contributed by atoms with Crippen molar-refractivity contribution >= 4 is 17.4 Å². The zero-order valence-corrected chi connectivity index (χ0v) is 10.2. The quantitative estimate of drug-likeness (QED) is 0.774. The lowest BCUT2D eigenvalue weighted by Gasteiger charge is -2.21. The topological polar surface area (TPSA) is 26.3 Å². The van der Waals surface area contributed by atoms with Crippen LogP contribution in [0.1, 0.15) is 29.6 Å². The number of benzene rings is 1. The minimum atomic E-state index is -0.533. The fourth-order valence-electron chi connectivity index (χ4n) is 2.08. The van der Waals surface area contributed by atoms with Crippen LogP contribution in [0.4, 0.5) is 4.39 Å². The van der Waals surface area contributed by atoms with Gasteiger partial charge in [-0.3, -0.25) is 4.79 Å². The molecule has 0 bridgehead atoms. The summed E-state index contributed by atoms with van der Waals surface area (Å²) in [6.07, 6.45) is 2.07. The molecule has 1 fully saturated rings. The van der Waals surface area contributed by atoms with Gasteiger partial charge in [-0.25, -0.2) is 4.39 Å². The molecule has 0 N–H and O–H groups in total. The number of rotatable bonds is 3. The van der Waals surface area contributed by atoms with Crippen molar-refractivity contribution in [2.24, 2.45) is 5.92 Å². The van der Waals surface area contributed by atoms with Crippen molar-refractivity contribution in [1.82, 2.24) is 0 Å². The zero-order valence-electron chi connectivity index (χ0n) is 9.42. The molecule has 2 rings (SSSR count). The fourth-order valence-corrected chi connectivity index (χ4v) is 2.35. The van der Waals surface area contributed by atoms with Gasteiger partial charge in [0.2, 0.25) is 0 Å². The van der Waals surface area contributed by atoms with Crippen LogP contribution < -0.4 is 0 Å². The molecule has 1 aromatic carbocycles. The van der Waals surface area contributed by atoms with Gasteiger partial charge in [-0.2, -0.15) is 0 Å². The second-order valence-corrected chi connectivity index (χ2v) is 4.69. The van der Waals surface area contributed by atoms with Gasteiger partial charge in [0.25, 0.3) is 0 Å². The highest BCUT2D eigenvalue weighted by Gasteiger charge is 2.21. The largest absolute Gasteiger partial charge is 0.381 e. The minimum Gasteiger partial charge on any atom is -0.381 e. The van der Waals surface area contributed by atoms with Crippen LogP contribution in [0.3, 0.4) is 0 Å². The summed E-state index contributed by atoms with van der Waals surface area (Å²) in [5.41, 5.74) is 0.0284. The van der Waals surface area contributed by atoms with Crippen LogP contribution in [0.15, 0.2) is 18.2 Å². The standard InChI is InChI=1S/C13H14ClFO2/c14-10-2-1-3-11(15)13(10)12(16)8-9-4-6-17-7-5-9/h1-3,9H,4-8H2. The van der Waals surface area contributed by atoms with Crippen molar-refractivity contribution in [3.63, 3.8) is 0 Å². The predicted octanol–water partition coefficient (Wildman–Crippen LogP) is 3.48. The predicted molar refractivity (Wildman–Crippen MR) is 63.9 cm³/mol. The van der Waals surface area contributed by atoms with Gasteiger partial charge in [-0.15, -0.1) is 0 Å². The van der Waals surface area contributed by atoms with Gasteiger partial charge in [0.1, 0.15) is 5.82 Å². The van der Waals surface area contributed by atoms with E-state index < -0.39 is 5.82 Å². The van der Waals surface area contributed by atoms with E-state index in [9.17, 15) is 9.18 Å². The molecule has 17 heavy (non-hydrogen) atoms. The molecule has 0 radical (unpaired) electrons. The van der Waals surface area contributed by atoms with Crippen molar-refractivity contribution in [3.8, 4) is 0 Å². The summed E-state index contributed by atoms with van der Waals surface area (Å²) in [7, 11) is 0. The van der Waals surface area contributed by atoms with E-state index in [2.05, 4.69) is 0 Å². The van der Waals surface area contributed by atoms with Crippen LogP contribution in [-0.2, 0) is 4.74 Å². The maximum Gasteiger partial charge on any atom is 0.167 e. The first-order valence-electron chi connectivity index (χ1n) is 5.73. The molecule has 0 spiro atoms. The Labute approximate surface area is 105 Å². The normalized spacial score (nSPS) is 17.1. The first-order valence-corrected chi connectivity index (χ1v) is 6.11.